The topological polar surface area (TPSA) is 87.0 Å². The van der Waals surface area contributed by atoms with E-state index in [0.717, 1.165) is 17.7 Å². The third-order valence-electron chi connectivity index (χ3n) is 5.04. The highest BCUT2D eigenvalue weighted by Crippen LogP contribution is 2.25. The molecule has 0 aliphatic carbocycles. The van der Waals surface area contributed by atoms with E-state index < -0.39 is 0 Å². The number of carbonyl (C=O) groups is 1. The van der Waals surface area contributed by atoms with E-state index in [9.17, 15) is 9.59 Å². The molecule has 0 spiro atoms. The molecular formula is C26H23NO6. The Labute approximate surface area is 190 Å². The molecule has 168 valence electrons. The Morgan fingerprint density at radius 3 is 2.45 bits per heavy atom. The van der Waals surface area contributed by atoms with Crippen LogP contribution in [-0.2, 0) is 11.2 Å². The molecule has 7 nitrogen and oxygen atoms in total. The zero-order valence-corrected chi connectivity index (χ0v) is 18.3. The largest absolute Gasteiger partial charge is 0.497 e. The highest BCUT2D eigenvalue weighted by molar-refractivity contribution is 5.92. The van der Waals surface area contributed by atoms with E-state index >= 15 is 0 Å². The highest BCUT2D eigenvalue weighted by atomic mass is 16.5. The predicted octanol–water partition coefficient (Wildman–Crippen LogP) is 5.17. The van der Waals surface area contributed by atoms with Crippen LogP contribution < -0.4 is 25.0 Å². The second-order valence-corrected chi connectivity index (χ2v) is 7.21. The van der Waals surface area contributed by atoms with Crippen molar-refractivity contribution in [1.29, 1.82) is 0 Å². The number of hydrogen-bond donors (Lipinski definition) is 1. The minimum atomic E-state index is -0.312. The molecule has 0 saturated carbocycles. The Bertz CT molecular complexity index is 1330. The van der Waals surface area contributed by atoms with Gasteiger partial charge in [-0.1, -0.05) is 25.1 Å². The molecular weight excluding hydrogens is 422 g/mol. The Kier molecular flexibility index (Phi) is 6.59. The maximum Gasteiger partial charge on any atom is 0.262 e. The van der Waals surface area contributed by atoms with Crippen molar-refractivity contribution in [2.45, 2.75) is 13.3 Å². The number of ether oxygens (including phenoxy) is 3. The maximum atomic E-state index is 12.8. The van der Waals surface area contributed by atoms with Gasteiger partial charge in [-0.15, -0.1) is 0 Å². The molecule has 1 aromatic heterocycles. The van der Waals surface area contributed by atoms with Crippen molar-refractivity contribution in [2.75, 3.05) is 19.0 Å². The SMILES string of the molecule is CCc1ccccc1NC(=O)COc1ccc2c(=O)c(Oc3ccc(OC)cc3)coc2c1. The van der Waals surface area contributed by atoms with E-state index in [4.69, 9.17) is 18.6 Å². The van der Waals surface area contributed by atoms with Gasteiger partial charge in [0.2, 0.25) is 11.2 Å². The van der Waals surface area contributed by atoms with Crippen LogP contribution in [0, 0.1) is 0 Å². The van der Waals surface area contributed by atoms with Crippen LogP contribution in [0.5, 0.6) is 23.0 Å². The molecule has 0 unspecified atom stereocenters. The zero-order valence-electron chi connectivity index (χ0n) is 18.3. The second kappa shape index (κ2) is 9.91. The summed E-state index contributed by atoms with van der Waals surface area (Å²) in [5, 5.41) is 3.20. The number of methoxy groups -OCH3 is 1. The van der Waals surface area contributed by atoms with Crippen molar-refractivity contribution in [3.05, 3.63) is 88.8 Å². The number of hydrogen-bond acceptors (Lipinski definition) is 6. The summed E-state index contributed by atoms with van der Waals surface area (Å²) in [6, 6.07) is 19.3. The third-order valence-corrected chi connectivity index (χ3v) is 5.04. The van der Waals surface area contributed by atoms with E-state index in [1.54, 1.807) is 49.6 Å². The Morgan fingerprint density at radius 2 is 1.70 bits per heavy atom. The minimum Gasteiger partial charge on any atom is -0.497 e. The molecule has 1 N–H and O–H groups in total. The molecule has 3 aromatic carbocycles. The fraction of sp³-hybridized carbons (Fsp3) is 0.154. The van der Waals surface area contributed by atoms with Crippen LogP contribution in [0.25, 0.3) is 11.0 Å². The van der Waals surface area contributed by atoms with Gasteiger partial charge in [0.1, 0.15) is 29.1 Å². The molecule has 7 heteroatoms. The first kappa shape index (κ1) is 22.0. The normalized spacial score (nSPS) is 10.6. The van der Waals surface area contributed by atoms with Crippen LogP contribution in [0.1, 0.15) is 12.5 Å². The first-order valence-corrected chi connectivity index (χ1v) is 10.5. The molecule has 1 heterocycles. The van der Waals surface area contributed by atoms with Crippen LogP contribution >= 0.6 is 0 Å². The molecule has 0 bridgehead atoms. The molecule has 0 aliphatic rings. The smallest absolute Gasteiger partial charge is 0.262 e. The highest BCUT2D eigenvalue weighted by Gasteiger charge is 2.12. The van der Waals surface area contributed by atoms with Crippen molar-refractivity contribution in [3.8, 4) is 23.0 Å². The lowest BCUT2D eigenvalue weighted by molar-refractivity contribution is -0.118. The van der Waals surface area contributed by atoms with Gasteiger partial charge in [0, 0.05) is 11.8 Å². The molecule has 0 aliphatic heterocycles. The molecule has 4 aromatic rings. The van der Waals surface area contributed by atoms with Gasteiger partial charge in [0.05, 0.1) is 12.5 Å². The fourth-order valence-electron chi connectivity index (χ4n) is 3.31. The first-order chi connectivity index (χ1) is 16.1. The summed E-state index contributed by atoms with van der Waals surface area (Å²) in [4.78, 5) is 25.1. The summed E-state index contributed by atoms with van der Waals surface area (Å²) in [6.45, 7) is 1.85. The van der Waals surface area contributed by atoms with Crippen molar-refractivity contribution in [3.63, 3.8) is 0 Å². The van der Waals surface area contributed by atoms with Gasteiger partial charge in [-0.2, -0.15) is 0 Å². The summed E-state index contributed by atoms with van der Waals surface area (Å²) in [7, 11) is 1.57. The fourth-order valence-corrected chi connectivity index (χ4v) is 3.31. The Balaban J connectivity index is 1.44. The number of para-hydroxylation sites is 1. The van der Waals surface area contributed by atoms with Crippen molar-refractivity contribution in [2.24, 2.45) is 0 Å². The van der Waals surface area contributed by atoms with E-state index in [0.29, 0.717) is 28.2 Å². The molecule has 0 fully saturated rings. The van der Waals surface area contributed by atoms with Gasteiger partial charge in [-0.25, -0.2) is 0 Å². The van der Waals surface area contributed by atoms with E-state index in [1.165, 1.54) is 6.26 Å². The summed E-state index contributed by atoms with van der Waals surface area (Å²) < 4.78 is 21.9. The summed E-state index contributed by atoms with van der Waals surface area (Å²) in [6.07, 6.45) is 2.07. The van der Waals surface area contributed by atoms with Crippen molar-refractivity contribution in [1.82, 2.24) is 0 Å². The Morgan fingerprint density at radius 1 is 0.970 bits per heavy atom. The van der Waals surface area contributed by atoms with Crippen LogP contribution in [0.4, 0.5) is 5.69 Å². The second-order valence-electron chi connectivity index (χ2n) is 7.21. The number of fused-ring (bicyclic) bond motifs is 1. The van der Waals surface area contributed by atoms with Crippen LogP contribution in [0.3, 0.4) is 0 Å². The maximum absolute atomic E-state index is 12.8. The van der Waals surface area contributed by atoms with E-state index in [1.807, 2.05) is 31.2 Å². The predicted molar refractivity (Wildman–Crippen MR) is 125 cm³/mol. The lowest BCUT2D eigenvalue weighted by Crippen LogP contribution is -2.20. The molecule has 1 amide bonds. The average Bonchev–Trinajstić information content (AvgIpc) is 2.85. The third kappa shape index (κ3) is 5.15. The molecule has 33 heavy (non-hydrogen) atoms. The number of carbonyl (C=O) groups excluding carboxylic acids is 1. The van der Waals surface area contributed by atoms with Gasteiger partial charge in [-0.05, 0) is 54.4 Å². The molecule has 4 rings (SSSR count). The van der Waals surface area contributed by atoms with Crippen LogP contribution in [-0.4, -0.2) is 19.6 Å². The van der Waals surface area contributed by atoms with E-state index in [2.05, 4.69) is 5.32 Å². The van der Waals surface area contributed by atoms with Crippen LogP contribution in [0.2, 0.25) is 0 Å². The number of aryl methyl sites for hydroxylation is 1. The molecule has 0 atom stereocenters. The summed E-state index contributed by atoms with van der Waals surface area (Å²) >= 11 is 0. The number of anilines is 1. The molecule has 0 saturated heterocycles. The number of rotatable bonds is 8. The zero-order chi connectivity index (χ0) is 23.2. The number of nitrogens with one attached hydrogen (secondary N) is 1. The quantitative estimate of drug-likeness (QED) is 0.402. The van der Waals surface area contributed by atoms with Gasteiger partial charge in [-0.3, -0.25) is 9.59 Å². The minimum absolute atomic E-state index is 0.0651. The van der Waals surface area contributed by atoms with Gasteiger partial charge < -0.3 is 23.9 Å². The van der Waals surface area contributed by atoms with Crippen molar-refractivity contribution >= 4 is 22.6 Å². The first-order valence-electron chi connectivity index (χ1n) is 10.5. The standard InChI is InChI=1S/C26H23NO6/c1-3-17-6-4-5-7-22(17)27-25(28)16-31-20-12-13-21-23(14-20)32-15-24(26(21)29)33-19-10-8-18(30-2)9-11-19/h4-15H,3,16H2,1-2H3,(H,27,28). The Hall–Kier alpha value is -4.26. The monoisotopic (exact) mass is 445 g/mol. The van der Waals surface area contributed by atoms with Crippen LogP contribution in [0.15, 0.2) is 82.2 Å². The number of benzene rings is 3. The van der Waals surface area contributed by atoms with Gasteiger partial charge in [0.15, 0.2) is 6.61 Å². The van der Waals surface area contributed by atoms with Crippen molar-refractivity contribution < 1.29 is 23.4 Å². The summed E-state index contributed by atoms with van der Waals surface area (Å²) in [5.41, 5.74) is 1.83. The lowest BCUT2D eigenvalue weighted by Gasteiger charge is -2.11. The summed E-state index contributed by atoms with van der Waals surface area (Å²) in [5.74, 6) is 1.37. The molecule has 0 radical (unpaired) electrons. The number of amides is 1. The lowest BCUT2D eigenvalue weighted by atomic mass is 10.1. The van der Waals surface area contributed by atoms with Gasteiger partial charge >= 0.3 is 0 Å². The van der Waals surface area contributed by atoms with E-state index in [-0.39, 0.29) is 23.7 Å². The van der Waals surface area contributed by atoms with Gasteiger partial charge in [0.25, 0.3) is 5.91 Å². The average molecular weight is 445 g/mol.